The van der Waals surface area contributed by atoms with E-state index >= 15 is 0 Å². The van der Waals surface area contributed by atoms with E-state index in [4.69, 9.17) is 0 Å². The van der Waals surface area contributed by atoms with E-state index in [1.165, 1.54) is 52.4 Å². The highest BCUT2D eigenvalue weighted by atomic mass is 15.2. The van der Waals surface area contributed by atoms with Crippen LogP contribution in [0.5, 0.6) is 0 Å². The highest BCUT2D eigenvalue weighted by Crippen LogP contribution is 1.97. The molecule has 84 valence electrons. The number of likely N-dealkylation sites (N-methyl/N-ethyl adjacent to an activating group) is 3. The second-order valence-electron chi connectivity index (χ2n) is 4.17. The molecule has 0 aromatic carbocycles. The molecule has 1 aliphatic rings. The van der Waals surface area contributed by atoms with Gasteiger partial charge in [0.15, 0.2) is 0 Å². The summed E-state index contributed by atoms with van der Waals surface area (Å²) >= 11 is 0. The average Bonchev–Trinajstić information content (AvgIpc) is 2.29. The normalized spacial score (nSPS) is 24.2. The van der Waals surface area contributed by atoms with Crippen molar-refractivity contribution in [1.29, 1.82) is 0 Å². The van der Waals surface area contributed by atoms with E-state index < -0.39 is 0 Å². The van der Waals surface area contributed by atoms with E-state index in [9.17, 15) is 0 Å². The van der Waals surface area contributed by atoms with Crippen molar-refractivity contribution in [2.24, 2.45) is 0 Å². The molecule has 3 nitrogen and oxygen atoms in total. The first-order chi connectivity index (χ1) is 6.76. The Morgan fingerprint density at radius 1 is 0.714 bits per heavy atom. The number of rotatable bonds is 2. The van der Waals surface area contributed by atoms with Gasteiger partial charge in [-0.25, -0.2) is 0 Å². The Balaban J connectivity index is 2.43. The van der Waals surface area contributed by atoms with Gasteiger partial charge < -0.3 is 14.7 Å². The summed E-state index contributed by atoms with van der Waals surface area (Å²) in [7, 11) is 2.23. The molecule has 3 heteroatoms. The lowest BCUT2D eigenvalue weighted by Crippen LogP contribution is -2.35. The van der Waals surface area contributed by atoms with Crippen molar-refractivity contribution < 1.29 is 0 Å². The minimum absolute atomic E-state index is 1.19. The molecule has 0 spiro atoms. The van der Waals surface area contributed by atoms with Crippen LogP contribution in [-0.4, -0.2) is 74.1 Å². The monoisotopic (exact) mass is 199 g/mol. The van der Waals surface area contributed by atoms with Gasteiger partial charge in [0, 0.05) is 39.3 Å². The minimum Gasteiger partial charge on any atom is -0.304 e. The number of nitrogens with zero attached hydrogens (tertiary/aromatic N) is 3. The van der Waals surface area contributed by atoms with Crippen LogP contribution >= 0.6 is 0 Å². The summed E-state index contributed by atoms with van der Waals surface area (Å²) in [6.07, 6.45) is 0. The zero-order chi connectivity index (χ0) is 10.4. The molecule has 0 unspecified atom stereocenters. The molecule has 0 atom stereocenters. The van der Waals surface area contributed by atoms with E-state index in [1.807, 2.05) is 0 Å². The third kappa shape index (κ3) is 3.95. The molecule has 0 radical (unpaired) electrons. The van der Waals surface area contributed by atoms with Crippen LogP contribution in [0, 0.1) is 0 Å². The lowest BCUT2D eigenvalue weighted by molar-refractivity contribution is 0.232. The summed E-state index contributed by atoms with van der Waals surface area (Å²) < 4.78 is 0. The summed E-state index contributed by atoms with van der Waals surface area (Å²) in [6.45, 7) is 14.2. The van der Waals surface area contributed by atoms with Gasteiger partial charge in [-0.05, 0) is 20.1 Å². The number of hydrogen-bond acceptors (Lipinski definition) is 3. The van der Waals surface area contributed by atoms with Crippen molar-refractivity contribution in [2.75, 3.05) is 59.4 Å². The molecular weight excluding hydrogens is 174 g/mol. The molecular formula is C11H25N3. The molecule has 1 heterocycles. The van der Waals surface area contributed by atoms with E-state index in [0.717, 1.165) is 0 Å². The largest absolute Gasteiger partial charge is 0.304 e. The SMILES string of the molecule is CCN1CCN(C)CCN(CC)CC1. The predicted molar refractivity (Wildman–Crippen MR) is 61.7 cm³/mol. The molecule has 1 aliphatic heterocycles. The van der Waals surface area contributed by atoms with Crippen molar-refractivity contribution in [2.45, 2.75) is 13.8 Å². The Hall–Kier alpha value is -0.120. The van der Waals surface area contributed by atoms with Gasteiger partial charge in [0.05, 0.1) is 0 Å². The Bertz CT molecular complexity index is 133. The van der Waals surface area contributed by atoms with Crippen LogP contribution in [0.2, 0.25) is 0 Å². The fraction of sp³-hybridized carbons (Fsp3) is 1.00. The van der Waals surface area contributed by atoms with Crippen LogP contribution in [0.1, 0.15) is 13.8 Å². The topological polar surface area (TPSA) is 9.72 Å². The Morgan fingerprint density at radius 2 is 1.07 bits per heavy atom. The summed E-state index contributed by atoms with van der Waals surface area (Å²) in [6, 6.07) is 0. The lowest BCUT2D eigenvalue weighted by Gasteiger charge is -2.23. The maximum Gasteiger partial charge on any atom is 0.0110 e. The van der Waals surface area contributed by atoms with E-state index in [1.54, 1.807) is 0 Å². The van der Waals surface area contributed by atoms with Gasteiger partial charge in [0.1, 0.15) is 0 Å². The summed E-state index contributed by atoms with van der Waals surface area (Å²) in [5.74, 6) is 0. The number of hydrogen-bond donors (Lipinski definition) is 0. The van der Waals surface area contributed by atoms with Gasteiger partial charge in [0.2, 0.25) is 0 Å². The standard InChI is InChI=1S/C11H25N3/c1-4-13-8-6-12(3)7-9-14(5-2)11-10-13/h4-11H2,1-3H3. The van der Waals surface area contributed by atoms with Crippen molar-refractivity contribution in [3.8, 4) is 0 Å². The van der Waals surface area contributed by atoms with E-state index in [-0.39, 0.29) is 0 Å². The molecule has 0 aromatic heterocycles. The summed E-state index contributed by atoms with van der Waals surface area (Å²) in [5.41, 5.74) is 0. The van der Waals surface area contributed by atoms with Crippen LogP contribution in [0.25, 0.3) is 0 Å². The predicted octanol–water partition coefficient (Wildman–Crippen LogP) is 0.576. The van der Waals surface area contributed by atoms with Crippen molar-refractivity contribution in [1.82, 2.24) is 14.7 Å². The van der Waals surface area contributed by atoms with Crippen LogP contribution in [0.3, 0.4) is 0 Å². The minimum atomic E-state index is 1.19. The van der Waals surface area contributed by atoms with Gasteiger partial charge in [-0.15, -0.1) is 0 Å². The van der Waals surface area contributed by atoms with E-state index in [2.05, 4.69) is 35.6 Å². The summed E-state index contributed by atoms with van der Waals surface area (Å²) in [5, 5.41) is 0. The molecule has 1 fully saturated rings. The molecule has 0 amide bonds. The third-order valence-corrected chi connectivity index (χ3v) is 3.22. The highest BCUT2D eigenvalue weighted by molar-refractivity contribution is 4.68. The zero-order valence-corrected chi connectivity index (χ0v) is 10.00. The maximum atomic E-state index is 2.55. The van der Waals surface area contributed by atoms with Gasteiger partial charge >= 0.3 is 0 Å². The van der Waals surface area contributed by atoms with Crippen molar-refractivity contribution in [3.05, 3.63) is 0 Å². The Labute approximate surface area is 88.7 Å². The third-order valence-electron chi connectivity index (χ3n) is 3.22. The van der Waals surface area contributed by atoms with Gasteiger partial charge in [0.25, 0.3) is 0 Å². The molecule has 1 rings (SSSR count). The van der Waals surface area contributed by atoms with Crippen molar-refractivity contribution >= 4 is 0 Å². The van der Waals surface area contributed by atoms with Crippen LogP contribution in [0.15, 0.2) is 0 Å². The zero-order valence-electron chi connectivity index (χ0n) is 10.00. The molecule has 0 aliphatic carbocycles. The summed E-state index contributed by atoms with van der Waals surface area (Å²) in [4.78, 5) is 7.53. The first kappa shape index (κ1) is 12.0. The Morgan fingerprint density at radius 3 is 1.43 bits per heavy atom. The molecule has 0 bridgehead atoms. The van der Waals surface area contributed by atoms with Crippen LogP contribution in [-0.2, 0) is 0 Å². The van der Waals surface area contributed by atoms with E-state index in [0.29, 0.717) is 0 Å². The highest BCUT2D eigenvalue weighted by Gasteiger charge is 2.11. The lowest BCUT2D eigenvalue weighted by atomic mass is 10.4. The smallest absolute Gasteiger partial charge is 0.0110 e. The maximum absolute atomic E-state index is 2.55. The Kier molecular flexibility index (Phi) is 5.45. The van der Waals surface area contributed by atoms with Crippen LogP contribution < -0.4 is 0 Å². The molecule has 0 aromatic rings. The fourth-order valence-electron chi connectivity index (χ4n) is 1.87. The van der Waals surface area contributed by atoms with Gasteiger partial charge in [-0.1, -0.05) is 13.8 Å². The second-order valence-corrected chi connectivity index (χ2v) is 4.17. The molecule has 1 saturated heterocycles. The first-order valence-corrected chi connectivity index (χ1v) is 5.89. The first-order valence-electron chi connectivity index (χ1n) is 5.89. The van der Waals surface area contributed by atoms with Gasteiger partial charge in [-0.2, -0.15) is 0 Å². The fourth-order valence-corrected chi connectivity index (χ4v) is 1.87. The molecule has 0 saturated carbocycles. The average molecular weight is 199 g/mol. The van der Waals surface area contributed by atoms with Crippen LogP contribution in [0.4, 0.5) is 0 Å². The van der Waals surface area contributed by atoms with Crippen molar-refractivity contribution in [3.63, 3.8) is 0 Å². The molecule has 14 heavy (non-hydrogen) atoms. The molecule has 0 N–H and O–H groups in total. The quantitative estimate of drug-likeness (QED) is 0.644. The second kappa shape index (κ2) is 6.38. The van der Waals surface area contributed by atoms with Gasteiger partial charge in [-0.3, -0.25) is 0 Å².